The highest BCUT2D eigenvalue weighted by Crippen LogP contribution is 2.33. The fourth-order valence-electron chi connectivity index (χ4n) is 2.84. The van der Waals surface area contributed by atoms with Gasteiger partial charge in [0.1, 0.15) is 5.75 Å². The Hall–Kier alpha value is -1.84. The van der Waals surface area contributed by atoms with Gasteiger partial charge in [-0.1, -0.05) is 48.0 Å². The second kappa shape index (κ2) is 5.65. The van der Waals surface area contributed by atoms with Gasteiger partial charge in [0.05, 0.1) is 12.6 Å². The number of nitrogens with two attached hydrogens (primary N) is 1. The number of rotatable bonds is 3. The molecular weight excluding hydrogens is 248 g/mol. The van der Waals surface area contributed by atoms with E-state index in [0.29, 0.717) is 12.5 Å². The largest absolute Gasteiger partial charge is 0.493 e. The molecule has 0 saturated carbocycles. The van der Waals surface area contributed by atoms with E-state index in [1.165, 1.54) is 16.7 Å². The SMILES string of the molecule is Cc1ccc(C(NN)C2COc3ccccc3C2)cc1. The molecule has 2 atom stereocenters. The molecule has 104 valence electrons. The van der Waals surface area contributed by atoms with Crippen LogP contribution in [-0.4, -0.2) is 6.61 Å². The fourth-order valence-corrected chi connectivity index (χ4v) is 2.84. The molecule has 3 heteroatoms. The second-order valence-corrected chi connectivity index (χ2v) is 5.44. The van der Waals surface area contributed by atoms with Crippen molar-refractivity contribution in [3.8, 4) is 5.75 Å². The number of hydrogen-bond donors (Lipinski definition) is 2. The van der Waals surface area contributed by atoms with E-state index in [2.05, 4.69) is 48.7 Å². The molecule has 3 nitrogen and oxygen atoms in total. The van der Waals surface area contributed by atoms with Gasteiger partial charge in [-0.25, -0.2) is 0 Å². The number of benzene rings is 2. The standard InChI is InChI=1S/C17H20N2O/c1-12-6-8-13(9-7-12)17(19-18)15-10-14-4-2-3-5-16(14)20-11-15/h2-9,15,17,19H,10-11,18H2,1H3. The summed E-state index contributed by atoms with van der Waals surface area (Å²) in [6, 6.07) is 16.9. The third-order valence-electron chi connectivity index (χ3n) is 4.00. The summed E-state index contributed by atoms with van der Waals surface area (Å²) in [6.07, 6.45) is 0.985. The Labute approximate surface area is 119 Å². The van der Waals surface area contributed by atoms with Crippen molar-refractivity contribution in [3.05, 3.63) is 65.2 Å². The van der Waals surface area contributed by atoms with Crippen molar-refractivity contribution < 1.29 is 4.74 Å². The maximum atomic E-state index is 5.87. The van der Waals surface area contributed by atoms with Crippen molar-refractivity contribution in [2.45, 2.75) is 19.4 Å². The fraction of sp³-hybridized carbons (Fsp3) is 0.294. The molecule has 3 rings (SSSR count). The minimum absolute atomic E-state index is 0.115. The Balaban J connectivity index is 1.83. The van der Waals surface area contributed by atoms with Gasteiger partial charge in [0.25, 0.3) is 0 Å². The van der Waals surface area contributed by atoms with Crippen LogP contribution in [0, 0.1) is 12.8 Å². The van der Waals surface area contributed by atoms with E-state index in [0.717, 1.165) is 12.2 Å². The predicted molar refractivity (Wildman–Crippen MR) is 80.4 cm³/mol. The molecule has 1 heterocycles. The number of ether oxygens (including phenoxy) is 1. The molecule has 20 heavy (non-hydrogen) atoms. The molecule has 2 aromatic rings. The van der Waals surface area contributed by atoms with Gasteiger partial charge in [0, 0.05) is 5.92 Å². The maximum Gasteiger partial charge on any atom is 0.122 e. The minimum atomic E-state index is 0.115. The minimum Gasteiger partial charge on any atom is -0.493 e. The maximum absolute atomic E-state index is 5.87. The van der Waals surface area contributed by atoms with Gasteiger partial charge < -0.3 is 4.74 Å². The van der Waals surface area contributed by atoms with E-state index in [4.69, 9.17) is 10.6 Å². The summed E-state index contributed by atoms with van der Waals surface area (Å²) in [5.41, 5.74) is 6.69. The first-order valence-corrected chi connectivity index (χ1v) is 7.01. The van der Waals surface area contributed by atoms with Gasteiger partial charge in [0.15, 0.2) is 0 Å². The first-order valence-electron chi connectivity index (χ1n) is 7.01. The predicted octanol–water partition coefficient (Wildman–Crippen LogP) is 2.75. The highest BCUT2D eigenvalue weighted by molar-refractivity contribution is 5.36. The summed E-state index contributed by atoms with van der Waals surface area (Å²) < 4.78 is 5.87. The van der Waals surface area contributed by atoms with Crippen LogP contribution in [0.3, 0.4) is 0 Å². The number of fused-ring (bicyclic) bond motifs is 1. The average Bonchev–Trinajstić information content (AvgIpc) is 2.50. The van der Waals surface area contributed by atoms with Crippen molar-refractivity contribution in [1.29, 1.82) is 0 Å². The second-order valence-electron chi connectivity index (χ2n) is 5.44. The summed E-state index contributed by atoms with van der Waals surface area (Å²) in [5, 5.41) is 0. The van der Waals surface area contributed by atoms with E-state index in [1.807, 2.05) is 12.1 Å². The molecule has 1 aliphatic heterocycles. The van der Waals surface area contributed by atoms with Crippen LogP contribution in [0.5, 0.6) is 5.75 Å². The molecule has 3 N–H and O–H groups in total. The van der Waals surface area contributed by atoms with Crippen LogP contribution in [0.1, 0.15) is 22.7 Å². The van der Waals surface area contributed by atoms with E-state index in [1.54, 1.807) is 0 Å². The van der Waals surface area contributed by atoms with Crippen LogP contribution in [0.4, 0.5) is 0 Å². The highest BCUT2D eigenvalue weighted by Gasteiger charge is 2.27. The lowest BCUT2D eigenvalue weighted by Gasteiger charge is -2.31. The van der Waals surface area contributed by atoms with E-state index in [-0.39, 0.29) is 6.04 Å². The molecule has 0 amide bonds. The van der Waals surface area contributed by atoms with Gasteiger partial charge in [-0.05, 0) is 30.5 Å². The zero-order valence-corrected chi connectivity index (χ0v) is 11.7. The molecule has 0 radical (unpaired) electrons. The lowest BCUT2D eigenvalue weighted by atomic mass is 9.86. The van der Waals surface area contributed by atoms with Crippen molar-refractivity contribution in [1.82, 2.24) is 5.43 Å². The number of aryl methyl sites for hydroxylation is 1. The smallest absolute Gasteiger partial charge is 0.122 e. The van der Waals surface area contributed by atoms with Crippen molar-refractivity contribution in [3.63, 3.8) is 0 Å². The van der Waals surface area contributed by atoms with E-state index in [9.17, 15) is 0 Å². The lowest BCUT2D eigenvalue weighted by molar-refractivity contribution is 0.185. The van der Waals surface area contributed by atoms with Crippen LogP contribution < -0.4 is 16.0 Å². The molecule has 0 aromatic heterocycles. The Bertz CT molecular complexity index is 580. The van der Waals surface area contributed by atoms with E-state index >= 15 is 0 Å². The third kappa shape index (κ3) is 2.55. The molecule has 0 aliphatic carbocycles. The molecule has 0 bridgehead atoms. The Kier molecular flexibility index (Phi) is 3.72. The molecular formula is C17H20N2O. The summed E-state index contributed by atoms with van der Waals surface area (Å²) in [6.45, 7) is 2.79. The average molecular weight is 268 g/mol. The molecule has 2 unspecified atom stereocenters. The number of para-hydroxylation sites is 1. The lowest BCUT2D eigenvalue weighted by Crippen LogP contribution is -2.38. The topological polar surface area (TPSA) is 47.3 Å². The summed E-state index contributed by atoms with van der Waals surface area (Å²) >= 11 is 0. The van der Waals surface area contributed by atoms with Crippen molar-refractivity contribution in [2.75, 3.05) is 6.61 Å². The first-order chi connectivity index (χ1) is 9.78. The molecule has 0 saturated heterocycles. The Morgan fingerprint density at radius 1 is 1.15 bits per heavy atom. The molecule has 2 aromatic carbocycles. The first kappa shape index (κ1) is 13.2. The Morgan fingerprint density at radius 2 is 1.90 bits per heavy atom. The van der Waals surface area contributed by atoms with Crippen LogP contribution in [0.15, 0.2) is 48.5 Å². The number of hydrogen-bond acceptors (Lipinski definition) is 3. The Morgan fingerprint density at radius 3 is 2.65 bits per heavy atom. The zero-order chi connectivity index (χ0) is 13.9. The highest BCUT2D eigenvalue weighted by atomic mass is 16.5. The van der Waals surface area contributed by atoms with Crippen molar-refractivity contribution >= 4 is 0 Å². The molecule has 0 fully saturated rings. The monoisotopic (exact) mass is 268 g/mol. The number of hydrazine groups is 1. The summed E-state index contributed by atoms with van der Waals surface area (Å²) in [7, 11) is 0. The van der Waals surface area contributed by atoms with Gasteiger partial charge in [-0.2, -0.15) is 0 Å². The van der Waals surface area contributed by atoms with Gasteiger partial charge in [-0.3, -0.25) is 11.3 Å². The summed E-state index contributed by atoms with van der Waals surface area (Å²) in [4.78, 5) is 0. The van der Waals surface area contributed by atoms with Gasteiger partial charge in [-0.15, -0.1) is 0 Å². The quantitative estimate of drug-likeness (QED) is 0.664. The van der Waals surface area contributed by atoms with Crippen LogP contribution in [0.2, 0.25) is 0 Å². The third-order valence-corrected chi connectivity index (χ3v) is 4.00. The van der Waals surface area contributed by atoms with Crippen molar-refractivity contribution in [2.24, 2.45) is 11.8 Å². The van der Waals surface area contributed by atoms with Gasteiger partial charge >= 0.3 is 0 Å². The molecule has 1 aliphatic rings. The van der Waals surface area contributed by atoms with E-state index < -0.39 is 0 Å². The molecule has 0 spiro atoms. The zero-order valence-electron chi connectivity index (χ0n) is 11.7. The normalized spacial score (nSPS) is 19.0. The summed E-state index contributed by atoms with van der Waals surface area (Å²) in [5.74, 6) is 7.14. The van der Waals surface area contributed by atoms with Crippen LogP contribution in [0.25, 0.3) is 0 Å². The van der Waals surface area contributed by atoms with Crippen LogP contribution in [-0.2, 0) is 6.42 Å². The number of nitrogens with one attached hydrogen (secondary N) is 1. The van der Waals surface area contributed by atoms with Gasteiger partial charge in [0.2, 0.25) is 0 Å². The van der Waals surface area contributed by atoms with Crippen LogP contribution >= 0.6 is 0 Å².